The molecular weight excluding hydrogens is 253 g/mol. The van der Waals surface area contributed by atoms with E-state index in [1.54, 1.807) is 6.07 Å². The van der Waals surface area contributed by atoms with Crippen LogP contribution in [0.3, 0.4) is 0 Å². The Kier molecular flexibility index (Phi) is 5.13. The van der Waals surface area contributed by atoms with Gasteiger partial charge in [-0.05, 0) is 49.7 Å². The molecule has 0 aliphatic rings. The smallest absolute Gasteiger partial charge is 0.126 e. The van der Waals surface area contributed by atoms with Gasteiger partial charge in [0.15, 0.2) is 0 Å². The Labute approximate surface area is 119 Å². The van der Waals surface area contributed by atoms with Crippen molar-refractivity contribution in [1.82, 2.24) is 5.32 Å². The fraction of sp³-hybridized carbons (Fsp3) is 0.294. The fourth-order valence-corrected chi connectivity index (χ4v) is 2.09. The summed E-state index contributed by atoms with van der Waals surface area (Å²) in [6.45, 7) is 3.31. The lowest BCUT2D eigenvalue weighted by Crippen LogP contribution is -2.12. The van der Waals surface area contributed by atoms with Gasteiger partial charge in [0.25, 0.3) is 0 Å². The van der Waals surface area contributed by atoms with E-state index in [-0.39, 0.29) is 5.82 Å². The molecule has 0 aromatic heterocycles. The molecule has 0 saturated heterocycles. The Morgan fingerprint density at radius 3 is 2.60 bits per heavy atom. The summed E-state index contributed by atoms with van der Waals surface area (Å²) in [5.41, 5.74) is 3.35. The maximum Gasteiger partial charge on any atom is 0.126 e. The highest BCUT2D eigenvalue weighted by atomic mass is 19.1. The topological polar surface area (TPSA) is 21.3 Å². The molecule has 20 heavy (non-hydrogen) atoms. The van der Waals surface area contributed by atoms with Crippen molar-refractivity contribution in [3.8, 4) is 5.75 Å². The van der Waals surface area contributed by atoms with Crippen molar-refractivity contribution in [2.45, 2.75) is 20.0 Å². The molecule has 0 bridgehead atoms. The van der Waals surface area contributed by atoms with Crippen LogP contribution in [0.5, 0.6) is 5.75 Å². The number of aryl methyl sites for hydroxylation is 1. The van der Waals surface area contributed by atoms with E-state index in [1.807, 2.05) is 26.1 Å². The number of hydrogen-bond acceptors (Lipinski definition) is 2. The largest absolute Gasteiger partial charge is 0.489 e. The molecule has 0 heterocycles. The molecule has 0 unspecified atom stereocenters. The lowest BCUT2D eigenvalue weighted by Gasteiger charge is -2.12. The second-order valence-electron chi connectivity index (χ2n) is 4.82. The van der Waals surface area contributed by atoms with Crippen LogP contribution in [0.2, 0.25) is 0 Å². The van der Waals surface area contributed by atoms with Crippen LogP contribution in [0.15, 0.2) is 42.5 Å². The SMILES string of the molecule is CNCCc1ccccc1COc1cc(F)ccc1C. The zero-order valence-corrected chi connectivity index (χ0v) is 11.9. The molecule has 2 aromatic carbocycles. The second-order valence-corrected chi connectivity index (χ2v) is 4.82. The first-order valence-corrected chi connectivity index (χ1v) is 6.81. The monoisotopic (exact) mass is 273 g/mol. The standard InChI is InChI=1S/C17H20FNO/c1-13-7-8-16(18)11-17(13)20-12-15-6-4-3-5-14(15)9-10-19-2/h3-8,11,19H,9-10,12H2,1-2H3. The molecule has 1 N–H and O–H groups in total. The summed E-state index contributed by atoms with van der Waals surface area (Å²) in [5.74, 6) is 0.336. The lowest BCUT2D eigenvalue weighted by molar-refractivity contribution is 0.301. The number of ether oxygens (including phenoxy) is 1. The molecule has 0 spiro atoms. The number of benzene rings is 2. The summed E-state index contributed by atoms with van der Waals surface area (Å²) in [6.07, 6.45) is 0.957. The Bertz CT molecular complexity index is 569. The molecule has 0 saturated carbocycles. The highest BCUT2D eigenvalue weighted by Gasteiger charge is 2.05. The Morgan fingerprint density at radius 2 is 1.85 bits per heavy atom. The van der Waals surface area contributed by atoms with Gasteiger partial charge in [0.2, 0.25) is 0 Å². The number of rotatable bonds is 6. The predicted molar refractivity (Wildman–Crippen MR) is 79.5 cm³/mol. The molecule has 0 amide bonds. The minimum absolute atomic E-state index is 0.269. The molecule has 0 fully saturated rings. The van der Waals surface area contributed by atoms with E-state index in [4.69, 9.17) is 4.74 Å². The molecule has 0 radical (unpaired) electrons. The molecular formula is C17H20FNO. The third kappa shape index (κ3) is 3.81. The summed E-state index contributed by atoms with van der Waals surface area (Å²) in [7, 11) is 1.94. The molecule has 0 atom stereocenters. The van der Waals surface area contributed by atoms with Gasteiger partial charge in [0.05, 0.1) is 0 Å². The average molecular weight is 273 g/mol. The van der Waals surface area contributed by atoms with E-state index >= 15 is 0 Å². The van der Waals surface area contributed by atoms with Crippen LogP contribution in [0, 0.1) is 12.7 Å². The van der Waals surface area contributed by atoms with Gasteiger partial charge in [0.1, 0.15) is 18.2 Å². The highest BCUT2D eigenvalue weighted by molar-refractivity contribution is 5.34. The number of hydrogen-bond donors (Lipinski definition) is 1. The van der Waals surface area contributed by atoms with E-state index in [2.05, 4.69) is 17.4 Å². The van der Waals surface area contributed by atoms with Gasteiger partial charge in [-0.15, -0.1) is 0 Å². The van der Waals surface area contributed by atoms with Gasteiger partial charge in [-0.3, -0.25) is 0 Å². The molecule has 2 rings (SSSR count). The molecule has 2 aromatic rings. The minimum atomic E-state index is -0.269. The quantitative estimate of drug-likeness (QED) is 0.870. The van der Waals surface area contributed by atoms with Crippen molar-refractivity contribution < 1.29 is 9.13 Å². The van der Waals surface area contributed by atoms with Crippen molar-refractivity contribution >= 4 is 0 Å². The third-order valence-electron chi connectivity index (χ3n) is 3.30. The van der Waals surface area contributed by atoms with Crippen LogP contribution in [0.25, 0.3) is 0 Å². The normalized spacial score (nSPS) is 10.6. The summed E-state index contributed by atoms with van der Waals surface area (Å²) in [6, 6.07) is 12.8. The van der Waals surface area contributed by atoms with Crippen LogP contribution in [-0.2, 0) is 13.0 Å². The van der Waals surface area contributed by atoms with Crippen LogP contribution >= 0.6 is 0 Å². The van der Waals surface area contributed by atoms with Crippen LogP contribution in [-0.4, -0.2) is 13.6 Å². The van der Waals surface area contributed by atoms with Crippen molar-refractivity contribution in [3.05, 3.63) is 65.0 Å². The van der Waals surface area contributed by atoms with Gasteiger partial charge in [-0.1, -0.05) is 30.3 Å². The van der Waals surface area contributed by atoms with Crippen molar-refractivity contribution in [2.75, 3.05) is 13.6 Å². The Balaban J connectivity index is 2.08. The maximum atomic E-state index is 13.2. The number of halogens is 1. The average Bonchev–Trinajstić information content (AvgIpc) is 2.47. The van der Waals surface area contributed by atoms with Crippen LogP contribution in [0.4, 0.5) is 4.39 Å². The van der Waals surface area contributed by atoms with E-state index in [0.717, 1.165) is 24.1 Å². The third-order valence-corrected chi connectivity index (χ3v) is 3.30. The summed E-state index contributed by atoms with van der Waals surface area (Å²) < 4.78 is 19.0. The van der Waals surface area contributed by atoms with E-state index in [1.165, 1.54) is 17.7 Å². The van der Waals surface area contributed by atoms with E-state index in [9.17, 15) is 4.39 Å². The van der Waals surface area contributed by atoms with Crippen molar-refractivity contribution in [1.29, 1.82) is 0 Å². The Morgan fingerprint density at radius 1 is 1.10 bits per heavy atom. The second kappa shape index (κ2) is 7.06. The Hall–Kier alpha value is -1.87. The summed E-state index contributed by atoms with van der Waals surface area (Å²) in [4.78, 5) is 0. The zero-order chi connectivity index (χ0) is 14.4. The maximum absolute atomic E-state index is 13.2. The van der Waals surface area contributed by atoms with Crippen LogP contribution < -0.4 is 10.1 Å². The van der Waals surface area contributed by atoms with Crippen molar-refractivity contribution in [3.63, 3.8) is 0 Å². The highest BCUT2D eigenvalue weighted by Crippen LogP contribution is 2.21. The van der Waals surface area contributed by atoms with Gasteiger partial charge >= 0.3 is 0 Å². The fourth-order valence-electron chi connectivity index (χ4n) is 2.09. The zero-order valence-electron chi connectivity index (χ0n) is 11.9. The number of likely N-dealkylation sites (N-methyl/N-ethyl adjacent to an activating group) is 1. The molecule has 2 nitrogen and oxygen atoms in total. The molecule has 0 aliphatic heterocycles. The number of nitrogens with one attached hydrogen (secondary N) is 1. The summed E-state index contributed by atoms with van der Waals surface area (Å²) in [5, 5.41) is 3.14. The van der Waals surface area contributed by atoms with E-state index < -0.39 is 0 Å². The lowest BCUT2D eigenvalue weighted by atomic mass is 10.1. The van der Waals surface area contributed by atoms with Gasteiger partial charge in [-0.2, -0.15) is 0 Å². The predicted octanol–water partition coefficient (Wildman–Crippen LogP) is 3.48. The van der Waals surface area contributed by atoms with Gasteiger partial charge in [-0.25, -0.2) is 4.39 Å². The molecule has 3 heteroatoms. The van der Waals surface area contributed by atoms with Gasteiger partial charge < -0.3 is 10.1 Å². The van der Waals surface area contributed by atoms with E-state index in [0.29, 0.717) is 12.4 Å². The van der Waals surface area contributed by atoms with Crippen LogP contribution in [0.1, 0.15) is 16.7 Å². The molecule has 0 aliphatic carbocycles. The van der Waals surface area contributed by atoms with Gasteiger partial charge in [0, 0.05) is 6.07 Å². The first-order chi connectivity index (χ1) is 9.70. The minimum Gasteiger partial charge on any atom is -0.489 e. The first kappa shape index (κ1) is 14.5. The van der Waals surface area contributed by atoms with Crippen molar-refractivity contribution in [2.24, 2.45) is 0 Å². The molecule has 106 valence electrons. The first-order valence-electron chi connectivity index (χ1n) is 6.81. The summed E-state index contributed by atoms with van der Waals surface area (Å²) >= 11 is 0.